The number of nitrogens with zero attached hydrogens (tertiary/aromatic N) is 4. The molecule has 1 saturated heterocycles. The van der Waals surface area contributed by atoms with Gasteiger partial charge in [0.25, 0.3) is 11.7 Å². The lowest BCUT2D eigenvalue weighted by atomic mass is 9.74. The van der Waals surface area contributed by atoms with Crippen LogP contribution < -0.4 is 5.32 Å². The van der Waals surface area contributed by atoms with Crippen molar-refractivity contribution in [1.29, 1.82) is 0 Å². The van der Waals surface area contributed by atoms with Crippen molar-refractivity contribution in [3.05, 3.63) is 58.6 Å². The van der Waals surface area contributed by atoms with E-state index in [1.807, 2.05) is 37.3 Å². The minimum atomic E-state index is -0.306. The zero-order valence-electron chi connectivity index (χ0n) is 15.0. The molecular weight excluding hydrogens is 366 g/mol. The summed E-state index contributed by atoms with van der Waals surface area (Å²) in [6.07, 6.45) is 3.31. The van der Waals surface area contributed by atoms with E-state index in [1.165, 1.54) is 0 Å². The van der Waals surface area contributed by atoms with Crippen LogP contribution in [0.4, 0.5) is 0 Å². The third-order valence-electron chi connectivity index (χ3n) is 5.13. The molecule has 4 rings (SSSR count). The molecule has 0 spiro atoms. The Hall–Kier alpha value is -2.51. The summed E-state index contributed by atoms with van der Waals surface area (Å²) in [5.74, 6) is 0.230. The van der Waals surface area contributed by atoms with Crippen LogP contribution in [0.15, 0.2) is 36.5 Å². The summed E-state index contributed by atoms with van der Waals surface area (Å²) in [7, 11) is 0. The van der Waals surface area contributed by atoms with Crippen molar-refractivity contribution in [3.8, 4) is 0 Å². The van der Waals surface area contributed by atoms with Gasteiger partial charge in [0.2, 0.25) is 5.82 Å². The average molecular weight is 386 g/mol. The first-order chi connectivity index (χ1) is 13.1. The van der Waals surface area contributed by atoms with Crippen LogP contribution in [0.25, 0.3) is 5.78 Å². The van der Waals surface area contributed by atoms with Crippen LogP contribution in [0.2, 0.25) is 5.02 Å². The number of carbonyl (C=O) groups excluding carboxylic acids is 1. The number of nitrogens with one attached hydrogen (secondary N) is 1. The summed E-state index contributed by atoms with van der Waals surface area (Å²) in [4.78, 5) is 21.0. The number of aryl methyl sites for hydroxylation is 1. The van der Waals surface area contributed by atoms with Gasteiger partial charge < -0.3 is 10.1 Å². The lowest BCUT2D eigenvalue weighted by Crippen LogP contribution is -2.44. The normalized spacial score (nSPS) is 16.4. The first kappa shape index (κ1) is 17.9. The Kier molecular flexibility index (Phi) is 4.80. The summed E-state index contributed by atoms with van der Waals surface area (Å²) in [6.45, 7) is 3.70. The molecule has 0 bridgehead atoms. The number of amides is 1. The molecule has 7 nitrogen and oxygen atoms in total. The van der Waals surface area contributed by atoms with Gasteiger partial charge in [0.1, 0.15) is 0 Å². The van der Waals surface area contributed by atoms with Crippen molar-refractivity contribution < 1.29 is 9.53 Å². The van der Waals surface area contributed by atoms with Crippen LogP contribution in [0, 0.1) is 6.92 Å². The highest BCUT2D eigenvalue weighted by molar-refractivity contribution is 6.30. The molecule has 1 aromatic carbocycles. The molecule has 3 aromatic rings. The van der Waals surface area contributed by atoms with E-state index >= 15 is 0 Å². The summed E-state index contributed by atoms with van der Waals surface area (Å²) >= 11 is 6.04. The first-order valence-corrected chi connectivity index (χ1v) is 9.26. The van der Waals surface area contributed by atoms with Gasteiger partial charge in [-0.05, 0) is 43.5 Å². The Morgan fingerprint density at radius 2 is 2.00 bits per heavy atom. The van der Waals surface area contributed by atoms with E-state index in [4.69, 9.17) is 16.3 Å². The predicted octanol–water partition coefficient (Wildman–Crippen LogP) is 2.56. The van der Waals surface area contributed by atoms with Gasteiger partial charge in [0.15, 0.2) is 0 Å². The van der Waals surface area contributed by atoms with Gasteiger partial charge in [0, 0.05) is 42.1 Å². The molecule has 0 aliphatic carbocycles. The van der Waals surface area contributed by atoms with Gasteiger partial charge >= 0.3 is 0 Å². The molecule has 1 N–H and O–H groups in total. The van der Waals surface area contributed by atoms with Crippen molar-refractivity contribution in [2.45, 2.75) is 25.2 Å². The molecule has 140 valence electrons. The highest BCUT2D eigenvalue weighted by atomic mass is 35.5. The van der Waals surface area contributed by atoms with Crippen LogP contribution in [0.3, 0.4) is 0 Å². The van der Waals surface area contributed by atoms with E-state index in [0.29, 0.717) is 30.6 Å². The van der Waals surface area contributed by atoms with E-state index < -0.39 is 0 Å². The zero-order chi connectivity index (χ0) is 18.9. The number of carbonyl (C=O) groups is 1. The number of ether oxygens (including phenoxy) is 1. The third-order valence-corrected chi connectivity index (χ3v) is 5.38. The van der Waals surface area contributed by atoms with E-state index in [-0.39, 0.29) is 17.1 Å². The monoisotopic (exact) mass is 385 g/mol. The zero-order valence-corrected chi connectivity index (χ0v) is 15.7. The lowest BCUT2D eigenvalue weighted by molar-refractivity contribution is 0.0486. The number of hydrogen-bond acceptors (Lipinski definition) is 5. The van der Waals surface area contributed by atoms with Crippen LogP contribution in [-0.4, -0.2) is 45.2 Å². The SMILES string of the molecule is Cc1ccnc2nc(C(=O)NCC3(c4ccc(Cl)cc4)CCOCC3)nn12. The van der Waals surface area contributed by atoms with Crippen molar-refractivity contribution in [2.24, 2.45) is 0 Å². The Balaban J connectivity index is 1.55. The second kappa shape index (κ2) is 7.25. The maximum atomic E-state index is 12.7. The highest BCUT2D eigenvalue weighted by Gasteiger charge is 2.35. The maximum absolute atomic E-state index is 12.7. The Bertz CT molecular complexity index is 964. The number of fused-ring (bicyclic) bond motifs is 1. The van der Waals surface area contributed by atoms with E-state index in [1.54, 1.807) is 10.7 Å². The van der Waals surface area contributed by atoms with E-state index in [2.05, 4.69) is 20.4 Å². The number of aromatic nitrogens is 4. The van der Waals surface area contributed by atoms with Crippen LogP contribution >= 0.6 is 11.6 Å². The van der Waals surface area contributed by atoms with Crippen molar-refractivity contribution >= 4 is 23.3 Å². The Morgan fingerprint density at radius 3 is 2.70 bits per heavy atom. The number of hydrogen-bond donors (Lipinski definition) is 1. The topological polar surface area (TPSA) is 81.4 Å². The molecule has 3 heterocycles. The van der Waals surface area contributed by atoms with Gasteiger partial charge in [-0.15, -0.1) is 5.10 Å². The van der Waals surface area contributed by atoms with Gasteiger partial charge in [-0.3, -0.25) is 4.79 Å². The largest absolute Gasteiger partial charge is 0.381 e. The van der Waals surface area contributed by atoms with Gasteiger partial charge in [-0.2, -0.15) is 4.98 Å². The quantitative estimate of drug-likeness (QED) is 0.746. The smallest absolute Gasteiger partial charge is 0.291 e. The van der Waals surface area contributed by atoms with Gasteiger partial charge in [0.05, 0.1) is 0 Å². The minimum absolute atomic E-state index is 0.120. The minimum Gasteiger partial charge on any atom is -0.381 e. The second-order valence-corrected chi connectivity index (χ2v) is 7.25. The molecule has 0 saturated carbocycles. The Labute approximate surface area is 161 Å². The lowest BCUT2D eigenvalue weighted by Gasteiger charge is -2.37. The van der Waals surface area contributed by atoms with Crippen molar-refractivity contribution in [3.63, 3.8) is 0 Å². The fourth-order valence-electron chi connectivity index (χ4n) is 3.46. The highest BCUT2D eigenvalue weighted by Crippen LogP contribution is 2.35. The van der Waals surface area contributed by atoms with Crippen LogP contribution in [0.5, 0.6) is 0 Å². The number of halogens is 1. The number of benzene rings is 1. The third kappa shape index (κ3) is 3.52. The average Bonchev–Trinajstić information content (AvgIpc) is 3.13. The first-order valence-electron chi connectivity index (χ1n) is 8.88. The summed E-state index contributed by atoms with van der Waals surface area (Å²) in [5.41, 5.74) is 1.83. The molecule has 1 aliphatic heterocycles. The molecular formula is C19H20ClN5O2. The van der Waals surface area contributed by atoms with Crippen molar-refractivity contribution in [1.82, 2.24) is 24.9 Å². The predicted molar refractivity (Wildman–Crippen MR) is 101 cm³/mol. The Morgan fingerprint density at radius 1 is 1.26 bits per heavy atom. The molecule has 1 aliphatic rings. The fourth-order valence-corrected chi connectivity index (χ4v) is 3.59. The van der Waals surface area contributed by atoms with Gasteiger partial charge in [-0.1, -0.05) is 23.7 Å². The summed E-state index contributed by atoms with van der Waals surface area (Å²) < 4.78 is 7.11. The summed E-state index contributed by atoms with van der Waals surface area (Å²) in [6, 6.07) is 9.63. The standard InChI is InChI=1S/C19H20ClN5O2/c1-13-6-9-21-18-23-16(24-25(13)18)17(26)22-12-19(7-10-27-11-8-19)14-2-4-15(20)5-3-14/h2-6,9H,7-8,10-12H2,1H3,(H,22,26). The molecule has 1 amide bonds. The second-order valence-electron chi connectivity index (χ2n) is 6.82. The van der Waals surface area contributed by atoms with Crippen LogP contribution in [-0.2, 0) is 10.2 Å². The molecule has 0 unspecified atom stereocenters. The van der Waals surface area contributed by atoms with Crippen molar-refractivity contribution in [2.75, 3.05) is 19.8 Å². The molecule has 0 radical (unpaired) electrons. The van der Waals surface area contributed by atoms with E-state index in [0.717, 1.165) is 24.1 Å². The molecule has 1 fully saturated rings. The fraction of sp³-hybridized carbons (Fsp3) is 0.368. The molecule has 2 aromatic heterocycles. The van der Waals surface area contributed by atoms with Gasteiger partial charge in [-0.25, -0.2) is 9.50 Å². The van der Waals surface area contributed by atoms with Crippen LogP contribution in [0.1, 0.15) is 34.7 Å². The molecule has 0 atom stereocenters. The number of rotatable bonds is 4. The maximum Gasteiger partial charge on any atom is 0.291 e. The summed E-state index contributed by atoms with van der Waals surface area (Å²) in [5, 5.41) is 7.98. The van der Waals surface area contributed by atoms with E-state index in [9.17, 15) is 4.79 Å². The molecule has 8 heteroatoms. The molecule has 27 heavy (non-hydrogen) atoms.